The Balaban J connectivity index is 2.35. The van der Waals surface area contributed by atoms with Crippen LogP contribution in [0.3, 0.4) is 0 Å². The zero-order chi connectivity index (χ0) is 11.8. The highest BCUT2D eigenvalue weighted by atomic mass is 16.4. The van der Waals surface area contributed by atoms with Gasteiger partial charge in [0.1, 0.15) is 0 Å². The number of hydrogen-bond acceptors (Lipinski definition) is 3. The molecule has 1 rings (SSSR count). The molecular weight excluding hydrogens is 208 g/mol. The van der Waals surface area contributed by atoms with Crippen molar-refractivity contribution in [3.05, 3.63) is 24.0 Å². The number of nitrogens with one attached hydrogen (secondary N) is 1. The van der Waals surface area contributed by atoms with E-state index in [0.717, 1.165) is 18.7 Å². The summed E-state index contributed by atoms with van der Waals surface area (Å²) >= 11 is 0. The largest absolute Gasteiger partial charge is 0.481 e. The van der Waals surface area contributed by atoms with E-state index in [2.05, 4.69) is 5.32 Å². The van der Waals surface area contributed by atoms with Crippen LogP contribution in [0.4, 0.5) is 0 Å². The first-order chi connectivity index (χ1) is 7.74. The number of rotatable bonds is 8. The molecule has 90 valence electrons. The van der Waals surface area contributed by atoms with Crippen molar-refractivity contribution in [3.8, 4) is 0 Å². The number of aliphatic hydroxyl groups is 1. The van der Waals surface area contributed by atoms with Crippen molar-refractivity contribution in [2.24, 2.45) is 0 Å². The zero-order valence-electron chi connectivity index (χ0n) is 9.22. The van der Waals surface area contributed by atoms with Crippen LogP contribution in [-0.2, 0) is 17.9 Å². The Hall–Kier alpha value is -1.33. The van der Waals surface area contributed by atoms with Gasteiger partial charge in [0, 0.05) is 31.6 Å². The molecule has 0 spiro atoms. The van der Waals surface area contributed by atoms with Crippen molar-refractivity contribution in [2.75, 3.05) is 13.2 Å². The third kappa shape index (κ3) is 4.46. The zero-order valence-corrected chi connectivity index (χ0v) is 9.22. The summed E-state index contributed by atoms with van der Waals surface area (Å²) in [5.74, 6) is -0.784. The first-order valence-corrected chi connectivity index (χ1v) is 5.41. The third-order valence-electron chi connectivity index (χ3n) is 2.31. The number of carboxylic acids is 1. The number of carbonyl (C=O) groups is 1. The van der Waals surface area contributed by atoms with Crippen molar-refractivity contribution in [3.63, 3.8) is 0 Å². The average Bonchev–Trinajstić information content (AvgIpc) is 2.69. The Morgan fingerprint density at radius 1 is 1.50 bits per heavy atom. The van der Waals surface area contributed by atoms with Gasteiger partial charge in [-0.05, 0) is 25.1 Å². The smallest absolute Gasteiger partial charge is 0.305 e. The lowest BCUT2D eigenvalue weighted by Crippen LogP contribution is -2.18. The molecule has 0 aliphatic heterocycles. The summed E-state index contributed by atoms with van der Waals surface area (Å²) in [4.78, 5) is 10.4. The van der Waals surface area contributed by atoms with Gasteiger partial charge >= 0.3 is 5.97 Å². The quantitative estimate of drug-likeness (QED) is 0.562. The molecule has 0 saturated heterocycles. The van der Waals surface area contributed by atoms with Crippen molar-refractivity contribution in [1.82, 2.24) is 9.88 Å². The van der Waals surface area contributed by atoms with Gasteiger partial charge in [0.2, 0.25) is 0 Å². The van der Waals surface area contributed by atoms with Gasteiger partial charge in [0.25, 0.3) is 0 Å². The lowest BCUT2D eigenvalue weighted by atomic mass is 10.3. The Morgan fingerprint density at radius 3 is 3.00 bits per heavy atom. The molecule has 0 saturated carbocycles. The minimum atomic E-state index is -0.784. The summed E-state index contributed by atoms with van der Waals surface area (Å²) in [5.41, 5.74) is 1.07. The minimum Gasteiger partial charge on any atom is -0.481 e. The van der Waals surface area contributed by atoms with E-state index in [1.54, 1.807) is 0 Å². The molecule has 5 nitrogen and oxygen atoms in total. The van der Waals surface area contributed by atoms with Crippen LogP contribution in [0.15, 0.2) is 18.3 Å². The van der Waals surface area contributed by atoms with Gasteiger partial charge in [-0.3, -0.25) is 4.79 Å². The number of aromatic nitrogens is 1. The van der Waals surface area contributed by atoms with E-state index in [1.807, 2.05) is 22.9 Å². The molecule has 0 atom stereocenters. The second-order valence-electron chi connectivity index (χ2n) is 3.59. The van der Waals surface area contributed by atoms with Gasteiger partial charge in [0.15, 0.2) is 0 Å². The van der Waals surface area contributed by atoms with Crippen LogP contribution in [0, 0.1) is 0 Å². The number of aliphatic carboxylic acids is 1. The molecule has 0 aliphatic rings. The van der Waals surface area contributed by atoms with Gasteiger partial charge in [-0.1, -0.05) is 0 Å². The first-order valence-electron chi connectivity index (χ1n) is 5.41. The molecule has 0 fully saturated rings. The van der Waals surface area contributed by atoms with E-state index in [9.17, 15) is 4.79 Å². The van der Waals surface area contributed by atoms with Gasteiger partial charge in [-0.15, -0.1) is 0 Å². The summed E-state index contributed by atoms with van der Waals surface area (Å²) in [6, 6.07) is 3.87. The molecule has 3 N–H and O–H groups in total. The fourth-order valence-corrected chi connectivity index (χ4v) is 1.46. The summed E-state index contributed by atoms with van der Waals surface area (Å²) < 4.78 is 1.93. The van der Waals surface area contributed by atoms with Crippen LogP contribution in [0.5, 0.6) is 0 Å². The molecule has 1 aromatic heterocycles. The maximum Gasteiger partial charge on any atom is 0.305 e. The van der Waals surface area contributed by atoms with Gasteiger partial charge in [-0.25, -0.2) is 0 Å². The number of hydrogen-bond donors (Lipinski definition) is 3. The van der Waals surface area contributed by atoms with Gasteiger partial charge in [-0.2, -0.15) is 0 Å². The Kier molecular flexibility index (Phi) is 5.60. The van der Waals surface area contributed by atoms with Crippen molar-refractivity contribution < 1.29 is 15.0 Å². The molecule has 0 amide bonds. The van der Waals surface area contributed by atoms with Crippen LogP contribution >= 0.6 is 0 Å². The summed E-state index contributed by atoms with van der Waals surface area (Å²) in [6.45, 7) is 2.15. The number of nitrogens with zero attached hydrogens (tertiary/aromatic N) is 1. The van der Waals surface area contributed by atoms with Crippen LogP contribution in [0.1, 0.15) is 18.5 Å². The molecule has 5 heteroatoms. The van der Waals surface area contributed by atoms with E-state index < -0.39 is 5.97 Å². The summed E-state index contributed by atoms with van der Waals surface area (Å²) in [7, 11) is 0. The van der Waals surface area contributed by atoms with Crippen LogP contribution < -0.4 is 5.32 Å². The minimum absolute atomic E-state index is 0.137. The predicted octanol–water partition coefficient (Wildman–Crippen LogP) is 0.435. The fourth-order valence-electron chi connectivity index (χ4n) is 1.46. The van der Waals surface area contributed by atoms with Crippen molar-refractivity contribution >= 4 is 5.97 Å². The highest BCUT2D eigenvalue weighted by molar-refractivity contribution is 5.66. The average molecular weight is 226 g/mol. The van der Waals surface area contributed by atoms with E-state index in [-0.39, 0.29) is 13.0 Å². The molecule has 0 unspecified atom stereocenters. The Labute approximate surface area is 94.7 Å². The van der Waals surface area contributed by atoms with E-state index in [0.29, 0.717) is 13.1 Å². The topological polar surface area (TPSA) is 74.5 Å². The SMILES string of the molecule is O=C(O)CCn1cccc1CNCCCO. The number of aliphatic hydroxyl groups excluding tert-OH is 1. The lowest BCUT2D eigenvalue weighted by Gasteiger charge is -2.08. The predicted molar refractivity (Wildman–Crippen MR) is 60.1 cm³/mol. The number of aryl methyl sites for hydroxylation is 1. The maximum absolute atomic E-state index is 10.4. The van der Waals surface area contributed by atoms with Crippen LogP contribution in [-0.4, -0.2) is 33.9 Å². The number of carboxylic acid groups (broad SMARTS) is 1. The normalized spacial score (nSPS) is 10.6. The molecular formula is C11H18N2O3. The molecule has 0 aromatic carbocycles. The Bertz CT molecular complexity index is 323. The maximum atomic E-state index is 10.4. The molecule has 0 radical (unpaired) electrons. The van der Waals surface area contributed by atoms with Crippen molar-refractivity contribution in [1.29, 1.82) is 0 Å². The van der Waals surface area contributed by atoms with E-state index in [1.165, 1.54) is 0 Å². The molecule has 0 aliphatic carbocycles. The van der Waals surface area contributed by atoms with Gasteiger partial charge in [0.05, 0.1) is 6.42 Å². The van der Waals surface area contributed by atoms with Crippen molar-refractivity contribution in [2.45, 2.75) is 25.9 Å². The summed E-state index contributed by atoms with van der Waals surface area (Å²) in [6.07, 6.45) is 2.75. The highest BCUT2D eigenvalue weighted by Crippen LogP contribution is 2.03. The summed E-state index contributed by atoms with van der Waals surface area (Å²) in [5, 5.41) is 20.4. The molecule has 1 aromatic rings. The van der Waals surface area contributed by atoms with Crippen LogP contribution in [0.2, 0.25) is 0 Å². The molecule has 1 heterocycles. The first kappa shape index (κ1) is 12.7. The van der Waals surface area contributed by atoms with E-state index in [4.69, 9.17) is 10.2 Å². The monoisotopic (exact) mass is 226 g/mol. The molecule has 16 heavy (non-hydrogen) atoms. The molecule has 0 bridgehead atoms. The second kappa shape index (κ2) is 7.03. The van der Waals surface area contributed by atoms with Crippen LogP contribution in [0.25, 0.3) is 0 Å². The third-order valence-corrected chi connectivity index (χ3v) is 2.31. The highest BCUT2D eigenvalue weighted by Gasteiger charge is 2.02. The standard InChI is InChI=1S/C11H18N2O3/c14-8-2-5-12-9-10-3-1-6-13(10)7-4-11(15)16/h1,3,6,12,14H,2,4-5,7-9H2,(H,15,16). The lowest BCUT2D eigenvalue weighted by molar-refractivity contribution is -0.137. The van der Waals surface area contributed by atoms with Gasteiger partial charge < -0.3 is 20.1 Å². The van der Waals surface area contributed by atoms with E-state index >= 15 is 0 Å². The fraction of sp³-hybridized carbons (Fsp3) is 0.545. The Morgan fingerprint density at radius 2 is 2.31 bits per heavy atom. The second-order valence-corrected chi connectivity index (χ2v) is 3.59.